The van der Waals surface area contributed by atoms with Gasteiger partial charge in [0.05, 0.1) is 11.1 Å². The van der Waals surface area contributed by atoms with Gasteiger partial charge in [0.25, 0.3) is 17.5 Å². The first-order chi connectivity index (χ1) is 17.5. The first-order valence-corrected chi connectivity index (χ1v) is 11.6. The lowest BCUT2D eigenvalue weighted by atomic mass is 10.1. The monoisotopic (exact) mass is 508 g/mol. The van der Waals surface area contributed by atoms with E-state index < -0.39 is 23.5 Å². The molecule has 2 unspecified atom stereocenters. The van der Waals surface area contributed by atoms with E-state index in [0.717, 1.165) is 0 Å². The first kappa shape index (κ1) is 27.7. The van der Waals surface area contributed by atoms with Crippen LogP contribution in [0.4, 0.5) is 5.69 Å². The smallest absolute Gasteiger partial charge is 0.336 e. The van der Waals surface area contributed by atoms with Crippen LogP contribution in [0.5, 0.6) is 11.5 Å². The number of carboxylic acid groups (broad SMARTS) is 1. The third-order valence-corrected chi connectivity index (χ3v) is 6.14. The van der Waals surface area contributed by atoms with Gasteiger partial charge in [0.15, 0.2) is 11.5 Å². The molecule has 0 spiro atoms. The molecule has 0 radical (unpaired) electrons. The lowest BCUT2D eigenvalue weighted by Gasteiger charge is -2.46. The molecule has 4 N–H and O–H groups in total. The summed E-state index contributed by atoms with van der Waals surface area (Å²) in [6.07, 6.45) is 0. The summed E-state index contributed by atoms with van der Waals surface area (Å²) in [5.74, 6) is -3.37. The van der Waals surface area contributed by atoms with Crippen molar-refractivity contribution in [1.82, 2.24) is 0 Å². The van der Waals surface area contributed by atoms with Crippen LogP contribution in [0.3, 0.4) is 0 Å². The molecule has 1 aliphatic rings. The highest BCUT2D eigenvalue weighted by Gasteiger charge is 2.54. The third kappa shape index (κ3) is 6.08. The average molecular weight is 509 g/mol. The predicted octanol–water partition coefficient (Wildman–Crippen LogP) is 4.84. The van der Waals surface area contributed by atoms with E-state index in [2.05, 4.69) is 5.32 Å². The number of fused-ring (bicyclic) bond motifs is 1. The van der Waals surface area contributed by atoms with Gasteiger partial charge in [0.1, 0.15) is 0 Å². The number of carboxylic acids is 1. The van der Waals surface area contributed by atoms with Gasteiger partial charge in [0.2, 0.25) is 0 Å². The summed E-state index contributed by atoms with van der Waals surface area (Å²) >= 11 is 0. The number of nitrogens with one attached hydrogen (secondary N) is 1. The molecule has 3 aromatic rings. The summed E-state index contributed by atoms with van der Waals surface area (Å²) in [6, 6.07) is 21.0. The van der Waals surface area contributed by atoms with E-state index in [1.807, 2.05) is 37.3 Å². The van der Waals surface area contributed by atoms with Crippen LogP contribution in [0.25, 0.3) is 0 Å². The molecule has 37 heavy (non-hydrogen) atoms. The van der Waals surface area contributed by atoms with Crippen LogP contribution in [-0.4, -0.2) is 42.8 Å². The largest absolute Gasteiger partial charge is 0.478 e. The molecule has 196 valence electrons. The maximum absolute atomic E-state index is 12.5. The number of ether oxygens (including phenoxy) is 4. The van der Waals surface area contributed by atoms with Gasteiger partial charge in [-0.2, -0.15) is 0 Å². The lowest BCUT2D eigenvalue weighted by molar-refractivity contribution is -0.345. The molecule has 1 aliphatic heterocycles. The second-order valence-electron chi connectivity index (χ2n) is 8.67. The van der Waals surface area contributed by atoms with E-state index in [0.29, 0.717) is 17.2 Å². The van der Waals surface area contributed by atoms with Gasteiger partial charge < -0.3 is 35.1 Å². The number of benzene rings is 3. The number of rotatable bonds is 6. The molecule has 1 heterocycles. The maximum Gasteiger partial charge on any atom is 0.336 e. The highest BCUT2D eigenvalue weighted by atomic mass is 16.8. The second kappa shape index (κ2) is 11.4. The Morgan fingerprint density at radius 1 is 0.865 bits per heavy atom. The van der Waals surface area contributed by atoms with Crippen molar-refractivity contribution >= 4 is 17.6 Å². The number of hydrogen-bond acceptors (Lipinski definition) is 7. The predicted molar refractivity (Wildman–Crippen MR) is 139 cm³/mol. The molecule has 1 amide bonds. The molecule has 0 aliphatic carbocycles. The Balaban J connectivity index is 0.000000356. The Morgan fingerprint density at radius 3 is 1.92 bits per heavy atom. The fourth-order valence-electron chi connectivity index (χ4n) is 3.63. The van der Waals surface area contributed by atoms with Gasteiger partial charge in [0, 0.05) is 45.9 Å². The van der Waals surface area contributed by atoms with Gasteiger partial charge >= 0.3 is 5.97 Å². The van der Waals surface area contributed by atoms with E-state index in [-0.39, 0.29) is 17.2 Å². The summed E-state index contributed by atoms with van der Waals surface area (Å²) in [5.41, 5.74) is 7.19. The minimum Gasteiger partial charge on any atom is -0.478 e. The van der Waals surface area contributed by atoms with Crippen molar-refractivity contribution < 1.29 is 33.6 Å². The zero-order valence-corrected chi connectivity index (χ0v) is 21.5. The molecule has 0 fully saturated rings. The van der Waals surface area contributed by atoms with Crippen molar-refractivity contribution in [2.45, 2.75) is 38.4 Å². The summed E-state index contributed by atoms with van der Waals surface area (Å²) in [6.45, 7) is 5.35. The Morgan fingerprint density at radius 2 is 1.41 bits per heavy atom. The number of carbonyl (C=O) groups excluding carboxylic acids is 1. The van der Waals surface area contributed by atoms with Crippen LogP contribution in [0, 0.1) is 0 Å². The number of amides is 1. The molecule has 3 aromatic carbocycles. The zero-order chi connectivity index (χ0) is 27.2. The van der Waals surface area contributed by atoms with Crippen molar-refractivity contribution in [3.05, 3.63) is 89.5 Å². The topological polar surface area (TPSA) is 129 Å². The number of hydrogen-bond donors (Lipinski definition) is 3. The number of aromatic carboxylic acids is 1. The Labute approximate surface area is 216 Å². The van der Waals surface area contributed by atoms with Crippen molar-refractivity contribution in [3.8, 4) is 11.5 Å². The first-order valence-electron chi connectivity index (χ1n) is 11.6. The summed E-state index contributed by atoms with van der Waals surface area (Å²) in [4.78, 5) is 23.9. The molecule has 0 aromatic heterocycles. The lowest BCUT2D eigenvalue weighted by Crippen LogP contribution is -2.62. The van der Waals surface area contributed by atoms with Crippen LogP contribution in [0.2, 0.25) is 0 Å². The van der Waals surface area contributed by atoms with Crippen molar-refractivity contribution in [3.63, 3.8) is 0 Å². The second-order valence-corrected chi connectivity index (χ2v) is 8.67. The molecule has 0 bridgehead atoms. The fraction of sp³-hybridized carbons (Fsp3) is 0.286. The molecule has 9 nitrogen and oxygen atoms in total. The van der Waals surface area contributed by atoms with Gasteiger partial charge in [-0.1, -0.05) is 42.5 Å². The summed E-state index contributed by atoms with van der Waals surface area (Å²) < 4.78 is 22.7. The fourth-order valence-corrected chi connectivity index (χ4v) is 3.63. The number of anilines is 1. The van der Waals surface area contributed by atoms with E-state index >= 15 is 0 Å². The molecule has 4 rings (SSSR count). The Kier molecular flexibility index (Phi) is 8.54. The number of nitrogens with two attached hydrogens (primary N) is 1. The van der Waals surface area contributed by atoms with Gasteiger partial charge in [-0.15, -0.1) is 0 Å². The maximum atomic E-state index is 12.5. The summed E-state index contributed by atoms with van der Waals surface area (Å²) in [7, 11) is 2.96. The average Bonchev–Trinajstić information content (AvgIpc) is 2.90. The van der Waals surface area contributed by atoms with E-state index in [4.69, 9.17) is 24.7 Å². The quantitative estimate of drug-likeness (QED) is 0.431. The van der Waals surface area contributed by atoms with Crippen LogP contribution in [0.1, 0.15) is 53.1 Å². The molecular weight excluding hydrogens is 476 g/mol. The standard InChI is InChI=1S/C20H21NO7.C8H11N/c1-19(25-3)20(2,26-4)28-16-11-12(9-10-15(16)27-19)21-17(22)13-7-5-6-8-14(13)18(23)24;1-7(9)8-5-3-2-4-6-8/h5-11H,1-4H3,(H,21,22)(H,23,24);2-7H,9H2,1H3/t;7-/m.0/s1. The Bertz CT molecular complexity index is 1250. The van der Waals surface area contributed by atoms with Gasteiger partial charge in [-0.05, 0) is 36.8 Å². The van der Waals surface area contributed by atoms with Crippen molar-refractivity contribution in [1.29, 1.82) is 0 Å². The number of methoxy groups -OCH3 is 2. The molecule has 0 saturated carbocycles. The van der Waals surface area contributed by atoms with Gasteiger partial charge in [-0.3, -0.25) is 4.79 Å². The highest BCUT2D eigenvalue weighted by molar-refractivity contribution is 6.10. The normalized spacial score (nSPS) is 20.7. The van der Waals surface area contributed by atoms with E-state index in [1.54, 1.807) is 44.2 Å². The van der Waals surface area contributed by atoms with Crippen LogP contribution < -0.4 is 20.5 Å². The zero-order valence-electron chi connectivity index (χ0n) is 21.5. The molecule has 9 heteroatoms. The minimum atomic E-state index is -1.23. The van der Waals surface area contributed by atoms with Crippen molar-refractivity contribution in [2.75, 3.05) is 19.5 Å². The van der Waals surface area contributed by atoms with Gasteiger partial charge in [-0.25, -0.2) is 4.79 Å². The molecule has 3 atom stereocenters. The highest BCUT2D eigenvalue weighted by Crippen LogP contribution is 2.45. The Hall–Kier alpha value is -3.92. The SMILES string of the molecule is COC1(C)Oc2ccc(NC(=O)c3ccccc3C(=O)O)cc2OC1(C)OC.C[C@H](N)c1ccccc1. The molecule has 0 saturated heterocycles. The molecular formula is C28H32N2O7. The van der Waals surface area contributed by atoms with E-state index in [1.165, 1.54) is 31.9 Å². The third-order valence-electron chi connectivity index (χ3n) is 6.14. The van der Waals surface area contributed by atoms with Crippen molar-refractivity contribution in [2.24, 2.45) is 5.73 Å². The minimum absolute atomic E-state index is 0.0542. The van der Waals surface area contributed by atoms with Crippen LogP contribution in [0.15, 0.2) is 72.8 Å². The van der Waals surface area contributed by atoms with E-state index in [9.17, 15) is 14.7 Å². The van der Waals surface area contributed by atoms with Crippen LogP contribution in [-0.2, 0) is 9.47 Å². The summed E-state index contributed by atoms with van der Waals surface area (Å²) in [5, 5.41) is 11.9. The number of carbonyl (C=O) groups is 2. The van der Waals surface area contributed by atoms with Crippen LogP contribution >= 0.6 is 0 Å².